The van der Waals surface area contributed by atoms with Crippen molar-refractivity contribution in [1.82, 2.24) is 4.98 Å². The van der Waals surface area contributed by atoms with Gasteiger partial charge in [0.2, 0.25) is 5.88 Å². The average Bonchev–Trinajstić information content (AvgIpc) is 2.42. The van der Waals surface area contributed by atoms with Crippen molar-refractivity contribution in [3.05, 3.63) is 52.7 Å². The summed E-state index contributed by atoms with van der Waals surface area (Å²) in [5.74, 6) is 1.29. The van der Waals surface area contributed by atoms with Crippen molar-refractivity contribution in [2.24, 2.45) is 5.73 Å². The highest BCUT2D eigenvalue weighted by molar-refractivity contribution is 6.31. The van der Waals surface area contributed by atoms with Gasteiger partial charge in [0.25, 0.3) is 0 Å². The molecule has 0 radical (unpaired) electrons. The van der Waals surface area contributed by atoms with E-state index >= 15 is 0 Å². The number of benzene rings is 1. The fourth-order valence-corrected chi connectivity index (χ4v) is 1.85. The number of nitrogens with two attached hydrogens (primary N) is 1. The summed E-state index contributed by atoms with van der Waals surface area (Å²) in [5.41, 5.74) is 7.55. The molecule has 0 spiro atoms. The molecule has 0 aliphatic heterocycles. The first-order chi connectivity index (χ1) is 8.72. The van der Waals surface area contributed by atoms with Gasteiger partial charge in [-0.05, 0) is 35.7 Å². The Bertz CT molecular complexity index is 526. The second-order valence-corrected chi connectivity index (χ2v) is 4.32. The van der Waals surface area contributed by atoms with Gasteiger partial charge in [-0.25, -0.2) is 4.98 Å². The Labute approximate surface area is 112 Å². The van der Waals surface area contributed by atoms with Gasteiger partial charge < -0.3 is 10.5 Å². The molecule has 4 heteroatoms. The van der Waals surface area contributed by atoms with Crippen LogP contribution >= 0.6 is 11.6 Å². The first-order valence-electron chi connectivity index (χ1n) is 5.84. The number of pyridine rings is 1. The van der Waals surface area contributed by atoms with Crippen LogP contribution in [-0.2, 0) is 13.0 Å². The van der Waals surface area contributed by atoms with Gasteiger partial charge in [0.15, 0.2) is 0 Å². The van der Waals surface area contributed by atoms with Crippen LogP contribution in [-0.4, -0.2) is 4.98 Å². The van der Waals surface area contributed by atoms with E-state index < -0.39 is 0 Å². The molecule has 94 valence electrons. The van der Waals surface area contributed by atoms with Crippen LogP contribution in [0.1, 0.15) is 18.1 Å². The highest BCUT2D eigenvalue weighted by Gasteiger charge is 2.03. The zero-order valence-electron chi connectivity index (χ0n) is 10.2. The van der Waals surface area contributed by atoms with Crippen molar-refractivity contribution in [3.8, 4) is 11.6 Å². The molecule has 3 nitrogen and oxygen atoms in total. The fraction of sp³-hybridized carbons (Fsp3) is 0.214. The van der Waals surface area contributed by atoms with E-state index in [4.69, 9.17) is 22.1 Å². The second-order valence-electron chi connectivity index (χ2n) is 3.92. The number of rotatable bonds is 4. The summed E-state index contributed by atoms with van der Waals surface area (Å²) in [6, 6.07) is 9.31. The summed E-state index contributed by atoms with van der Waals surface area (Å²) in [6.07, 6.45) is 2.58. The molecule has 0 unspecified atom stereocenters. The van der Waals surface area contributed by atoms with Crippen LogP contribution in [0.3, 0.4) is 0 Å². The molecule has 0 saturated heterocycles. The Morgan fingerprint density at radius 3 is 2.72 bits per heavy atom. The third-order valence-electron chi connectivity index (χ3n) is 2.65. The van der Waals surface area contributed by atoms with E-state index in [9.17, 15) is 0 Å². The van der Waals surface area contributed by atoms with E-state index in [1.165, 1.54) is 0 Å². The van der Waals surface area contributed by atoms with Gasteiger partial charge >= 0.3 is 0 Å². The quantitative estimate of drug-likeness (QED) is 0.917. The minimum Gasteiger partial charge on any atom is -0.439 e. The van der Waals surface area contributed by atoms with E-state index in [1.807, 2.05) is 30.3 Å². The highest BCUT2D eigenvalue weighted by Crippen LogP contribution is 2.25. The largest absolute Gasteiger partial charge is 0.439 e. The van der Waals surface area contributed by atoms with E-state index in [0.717, 1.165) is 28.3 Å². The lowest BCUT2D eigenvalue weighted by Crippen LogP contribution is -1.97. The Morgan fingerprint density at radius 2 is 2.11 bits per heavy atom. The third-order valence-corrected chi connectivity index (χ3v) is 3.02. The van der Waals surface area contributed by atoms with Gasteiger partial charge in [-0.3, -0.25) is 0 Å². The number of ether oxygens (including phenoxy) is 1. The van der Waals surface area contributed by atoms with E-state index in [0.29, 0.717) is 12.4 Å². The average molecular weight is 263 g/mol. The van der Waals surface area contributed by atoms with Crippen LogP contribution in [0.5, 0.6) is 11.6 Å². The lowest BCUT2D eigenvalue weighted by molar-refractivity contribution is 0.462. The van der Waals surface area contributed by atoms with Crippen LogP contribution in [0.2, 0.25) is 5.02 Å². The Balaban J connectivity index is 2.17. The van der Waals surface area contributed by atoms with Crippen LogP contribution in [0, 0.1) is 0 Å². The molecule has 1 heterocycles. The molecule has 1 aromatic heterocycles. The maximum absolute atomic E-state index is 6.05. The number of hydrogen-bond donors (Lipinski definition) is 1. The molecule has 0 fully saturated rings. The molecule has 2 N–H and O–H groups in total. The maximum Gasteiger partial charge on any atom is 0.219 e. The SMILES string of the molecule is CCc1cc(Oc2ccc(CN)cn2)ccc1Cl. The monoisotopic (exact) mass is 262 g/mol. The molecule has 0 aliphatic rings. The number of nitrogens with zero attached hydrogens (tertiary/aromatic N) is 1. The van der Waals surface area contributed by atoms with Gasteiger partial charge in [-0.15, -0.1) is 0 Å². The molecule has 1 aromatic carbocycles. The van der Waals surface area contributed by atoms with Gasteiger partial charge in [0.05, 0.1) is 0 Å². The number of halogens is 1. The van der Waals surface area contributed by atoms with Crippen molar-refractivity contribution in [2.45, 2.75) is 19.9 Å². The summed E-state index contributed by atoms with van der Waals surface area (Å²) < 4.78 is 5.66. The smallest absolute Gasteiger partial charge is 0.219 e. The summed E-state index contributed by atoms with van der Waals surface area (Å²) in [7, 11) is 0. The first-order valence-corrected chi connectivity index (χ1v) is 6.22. The Hall–Kier alpha value is -1.58. The Kier molecular flexibility index (Phi) is 4.18. The zero-order chi connectivity index (χ0) is 13.0. The van der Waals surface area contributed by atoms with Gasteiger partial charge in [-0.2, -0.15) is 0 Å². The van der Waals surface area contributed by atoms with Crippen LogP contribution < -0.4 is 10.5 Å². The van der Waals surface area contributed by atoms with Gasteiger partial charge in [0, 0.05) is 23.8 Å². The van der Waals surface area contributed by atoms with Crippen molar-refractivity contribution in [2.75, 3.05) is 0 Å². The minimum atomic E-state index is 0.480. The number of aromatic nitrogens is 1. The molecule has 0 atom stereocenters. The van der Waals surface area contributed by atoms with Crippen molar-refractivity contribution in [3.63, 3.8) is 0 Å². The summed E-state index contributed by atoms with van der Waals surface area (Å²) >= 11 is 6.05. The topological polar surface area (TPSA) is 48.1 Å². The molecule has 2 aromatic rings. The van der Waals surface area contributed by atoms with E-state index in [-0.39, 0.29) is 0 Å². The number of aryl methyl sites for hydroxylation is 1. The molecule has 0 saturated carbocycles. The van der Waals surface area contributed by atoms with Crippen molar-refractivity contribution in [1.29, 1.82) is 0 Å². The van der Waals surface area contributed by atoms with Crippen molar-refractivity contribution < 1.29 is 4.74 Å². The molecule has 0 bridgehead atoms. The van der Waals surface area contributed by atoms with E-state index in [1.54, 1.807) is 6.20 Å². The maximum atomic E-state index is 6.05. The molecule has 2 rings (SSSR count). The van der Waals surface area contributed by atoms with Gasteiger partial charge in [0.1, 0.15) is 5.75 Å². The van der Waals surface area contributed by atoms with Crippen LogP contribution in [0.15, 0.2) is 36.5 Å². The van der Waals surface area contributed by atoms with E-state index in [2.05, 4.69) is 11.9 Å². The van der Waals surface area contributed by atoms with Crippen LogP contribution in [0.25, 0.3) is 0 Å². The predicted octanol–water partition coefficient (Wildman–Crippen LogP) is 3.55. The lowest BCUT2D eigenvalue weighted by Gasteiger charge is -2.07. The lowest BCUT2D eigenvalue weighted by atomic mass is 10.1. The first kappa shape index (κ1) is 12.9. The molecular weight excluding hydrogens is 248 g/mol. The molecular formula is C14H15ClN2O. The van der Waals surface area contributed by atoms with Crippen LogP contribution in [0.4, 0.5) is 0 Å². The predicted molar refractivity (Wildman–Crippen MR) is 73.0 cm³/mol. The molecule has 0 amide bonds. The molecule has 18 heavy (non-hydrogen) atoms. The summed E-state index contributed by atoms with van der Waals surface area (Å²) in [5, 5.41) is 0.760. The number of hydrogen-bond acceptors (Lipinski definition) is 3. The normalized spacial score (nSPS) is 10.4. The van der Waals surface area contributed by atoms with Gasteiger partial charge in [-0.1, -0.05) is 24.6 Å². The van der Waals surface area contributed by atoms with Crippen molar-refractivity contribution >= 4 is 11.6 Å². The zero-order valence-corrected chi connectivity index (χ0v) is 10.9. The standard InChI is InChI=1S/C14H15ClN2O/c1-2-11-7-12(4-5-13(11)15)18-14-6-3-10(8-16)9-17-14/h3-7,9H,2,8,16H2,1H3. The second kappa shape index (κ2) is 5.85. The highest BCUT2D eigenvalue weighted by atomic mass is 35.5. The Morgan fingerprint density at radius 1 is 1.28 bits per heavy atom. The molecule has 0 aliphatic carbocycles. The third kappa shape index (κ3) is 3.00. The summed E-state index contributed by atoms with van der Waals surface area (Å²) in [6.45, 7) is 2.54. The fourth-order valence-electron chi connectivity index (χ4n) is 1.60. The minimum absolute atomic E-state index is 0.480. The summed E-state index contributed by atoms with van der Waals surface area (Å²) in [4.78, 5) is 4.19.